The minimum absolute atomic E-state index is 0.806. The molecule has 2 atom stereocenters. The number of hydrogen-bond donors (Lipinski definition) is 0. The molecule has 1 heterocycles. The van der Waals surface area contributed by atoms with Gasteiger partial charge in [-0.15, -0.1) is 0 Å². The number of hydrogen-bond acceptors (Lipinski definition) is 2. The van der Waals surface area contributed by atoms with Crippen LogP contribution in [0.3, 0.4) is 0 Å². The van der Waals surface area contributed by atoms with Crippen molar-refractivity contribution in [2.75, 3.05) is 12.8 Å². The summed E-state index contributed by atoms with van der Waals surface area (Å²) in [6.45, 7) is 5.54. The molecule has 0 N–H and O–H groups in total. The number of nitrogens with zero attached hydrogens (tertiary/aromatic N) is 1. The highest BCUT2D eigenvalue weighted by Crippen LogP contribution is 2.26. The van der Waals surface area contributed by atoms with Gasteiger partial charge in [0, 0.05) is 17.5 Å². The number of rotatable bonds is 2. The summed E-state index contributed by atoms with van der Waals surface area (Å²) < 4.78 is 0. The molecule has 1 aliphatic rings. The highest BCUT2D eigenvalue weighted by Gasteiger charge is 2.19. The Hall–Kier alpha value is 0.0200. The van der Waals surface area contributed by atoms with Crippen LogP contribution in [-0.4, -0.2) is 23.8 Å². The molecule has 64 valence electrons. The molecule has 1 rings (SSSR count). The summed E-state index contributed by atoms with van der Waals surface area (Å²) in [7, 11) is 0. The molecular formula is C9H17NS. The van der Waals surface area contributed by atoms with Crippen molar-refractivity contribution in [3.63, 3.8) is 0 Å². The first-order chi connectivity index (χ1) is 5.24. The third kappa shape index (κ3) is 2.51. The van der Waals surface area contributed by atoms with Crippen LogP contribution in [0.15, 0.2) is 4.99 Å². The fourth-order valence-corrected chi connectivity index (χ4v) is 2.18. The molecule has 0 fully saturated rings. The van der Waals surface area contributed by atoms with Crippen molar-refractivity contribution in [2.24, 2.45) is 10.9 Å². The van der Waals surface area contributed by atoms with E-state index < -0.39 is 0 Å². The minimum atomic E-state index is 0.806. The second kappa shape index (κ2) is 4.15. The predicted molar refractivity (Wildman–Crippen MR) is 53.7 cm³/mol. The zero-order valence-corrected chi connectivity index (χ0v) is 8.45. The minimum Gasteiger partial charge on any atom is -0.294 e. The standard InChI is InChI=1S/C9H17NS/c1-7-6-9(4-5-10-7)8(2)11-3/h8-9H,4-6H2,1-3H3. The van der Waals surface area contributed by atoms with Gasteiger partial charge in [-0.1, -0.05) is 6.92 Å². The molecule has 2 unspecified atom stereocenters. The lowest BCUT2D eigenvalue weighted by atomic mass is 9.93. The molecule has 0 amide bonds. The average Bonchev–Trinajstić information content (AvgIpc) is 2.03. The quantitative estimate of drug-likeness (QED) is 0.622. The van der Waals surface area contributed by atoms with Crippen LogP contribution in [0.25, 0.3) is 0 Å². The van der Waals surface area contributed by atoms with E-state index in [4.69, 9.17) is 0 Å². The van der Waals surface area contributed by atoms with E-state index in [1.165, 1.54) is 18.6 Å². The molecule has 0 saturated carbocycles. The molecule has 2 heteroatoms. The van der Waals surface area contributed by atoms with Crippen molar-refractivity contribution in [2.45, 2.75) is 31.9 Å². The molecule has 0 saturated heterocycles. The summed E-state index contributed by atoms with van der Waals surface area (Å²) in [5.74, 6) is 0.877. The normalized spacial score (nSPS) is 27.9. The van der Waals surface area contributed by atoms with Gasteiger partial charge in [-0.2, -0.15) is 11.8 Å². The first kappa shape index (κ1) is 9.11. The maximum absolute atomic E-state index is 4.40. The monoisotopic (exact) mass is 171 g/mol. The first-order valence-corrected chi connectivity index (χ1v) is 5.55. The van der Waals surface area contributed by atoms with E-state index in [1.54, 1.807) is 0 Å². The van der Waals surface area contributed by atoms with Crippen LogP contribution in [0.4, 0.5) is 0 Å². The molecule has 11 heavy (non-hydrogen) atoms. The molecular weight excluding hydrogens is 154 g/mol. The Morgan fingerprint density at radius 3 is 2.91 bits per heavy atom. The molecule has 0 aromatic rings. The van der Waals surface area contributed by atoms with E-state index in [9.17, 15) is 0 Å². The Bertz CT molecular complexity index is 154. The van der Waals surface area contributed by atoms with Crippen LogP contribution < -0.4 is 0 Å². The van der Waals surface area contributed by atoms with Gasteiger partial charge in [-0.05, 0) is 31.9 Å². The third-order valence-corrected chi connectivity index (χ3v) is 3.60. The summed E-state index contributed by atoms with van der Waals surface area (Å²) in [6.07, 6.45) is 4.72. The van der Waals surface area contributed by atoms with Gasteiger partial charge in [0.1, 0.15) is 0 Å². The molecule has 0 aromatic heterocycles. The van der Waals surface area contributed by atoms with Gasteiger partial charge in [0.2, 0.25) is 0 Å². The van der Waals surface area contributed by atoms with Crippen molar-refractivity contribution < 1.29 is 0 Å². The Morgan fingerprint density at radius 1 is 1.64 bits per heavy atom. The van der Waals surface area contributed by atoms with E-state index in [1.807, 2.05) is 11.8 Å². The maximum atomic E-state index is 4.40. The molecule has 0 radical (unpaired) electrons. The van der Waals surface area contributed by atoms with Crippen molar-refractivity contribution in [3.8, 4) is 0 Å². The van der Waals surface area contributed by atoms with Crippen LogP contribution in [0.5, 0.6) is 0 Å². The highest BCUT2D eigenvalue weighted by atomic mass is 32.2. The van der Waals surface area contributed by atoms with Gasteiger partial charge in [0.15, 0.2) is 0 Å². The summed E-state index contributed by atoms with van der Waals surface area (Å²) in [5.41, 5.74) is 1.35. The van der Waals surface area contributed by atoms with Gasteiger partial charge in [0.25, 0.3) is 0 Å². The smallest absolute Gasteiger partial charge is 0.0391 e. The molecule has 0 bridgehead atoms. The lowest BCUT2D eigenvalue weighted by Gasteiger charge is -2.24. The summed E-state index contributed by atoms with van der Waals surface area (Å²) in [5, 5.41) is 0.806. The molecule has 0 aromatic carbocycles. The van der Waals surface area contributed by atoms with Crippen molar-refractivity contribution >= 4 is 17.5 Å². The topological polar surface area (TPSA) is 12.4 Å². The van der Waals surface area contributed by atoms with E-state index in [-0.39, 0.29) is 0 Å². The lowest BCUT2D eigenvalue weighted by Crippen LogP contribution is -2.21. The fraction of sp³-hybridized carbons (Fsp3) is 0.889. The van der Waals surface area contributed by atoms with Crippen LogP contribution >= 0.6 is 11.8 Å². The third-order valence-electron chi connectivity index (χ3n) is 2.47. The summed E-state index contributed by atoms with van der Waals surface area (Å²) >= 11 is 1.98. The second-order valence-corrected chi connectivity index (χ2v) is 4.53. The van der Waals surface area contributed by atoms with Crippen LogP contribution in [0.2, 0.25) is 0 Å². The Kier molecular flexibility index (Phi) is 3.44. The van der Waals surface area contributed by atoms with Crippen LogP contribution in [-0.2, 0) is 0 Å². The summed E-state index contributed by atoms with van der Waals surface area (Å²) in [6, 6.07) is 0. The SMILES string of the molecule is CSC(C)C1CCN=C(C)C1. The molecule has 1 nitrogen and oxygen atoms in total. The van der Waals surface area contributed by atoms with Gasteiger partial charge in [-0.3, -0.25) is 4.99 Å². The highest BCUT2D eigenvalue weighted by molar-refractivity contribution is 7.99. The average molecular weight is 171 g/mol. The second-order valence-electron chi connectivity index (χ2n) is 3.31. The Balaban J connectivity index is 2.43. The largest absolute Gasteiger partial charge is 0.294 e. The van der Waals surface area contributed by atoms with Crippen LogP contribution in [0.1, 0.15) is 26.7 Å². The Morgan fingerprint density at radius 2 is 2.36 bits per heavy atom. The predicted octanol–water partition coefficient (Wildman–Crippen LogP) is 2.61. The number of aliphatic imine (C=N–C) groups is 1. The first-order valence-electron chi connectivity index (χ1n) is 4.26. The van der Waals surface area contributed by atoms with Gasteiger partial charge < -0.3 is 0 Å². The number of thioether (sulfide) groups is 1. The van der Waals surface area contributed by atoms with E-state index in [0.717, 1.165) is 17.7 Å². The van der Waals surface area contributed by atoms with Crippen LogP contribution in [0, 0.1) is 5.92 Å². The van der Waals surface area contributed by atoms with Gasteiger partial charge >= 0.3 is 0 Å². The Labute approximate surface area is 73.7 Å². The van der Waals surface area contributed by atoms with Crippen molar-refractivity contribution in [1.82, 2.24) is 0 Å². The molecule has 0 spiro atoms. The van der Waals surface area contributed by atoms with Crippen molar-refractivity contribution in [1.29, 1.82) is 0 Å². The van der Waals surface area contributed by atoms with E-state index in [2.05, 4.69) is 25.1 Å². The lowest BCUT2D eigenvalue weighted by molar-refractivity contribution is 0.489. The van der Waals surface area contributed by atoms with Gasteiger partial charge in [0.05, 0.1) is 0 Å². The fourth-order valence-electron chi connectivity index (χ4n) is 1.56. The zero-order valence-electron chi connectivity index (χ0n) is 7.63. The maximum Gasteiger partial charge on any atom is 0.0391 e. The van der Waals surface area contributed by atoms with Gasteiger partial charge in [-0.25, -0.2) is 0 Å². The summed E-state index contributed by atoms with van der Waals surface area (Å²) in [4.78, 5) is 4.40. The van der Waals surface area contributed by atoms with E-state index >= 15 is 0 Å². The molecule has 0 aliphatic carbocycles. The zero-order chi connectivity index (χ0) is 8.27. The van der Waals surface area contributed by atoms with E-state index in [0.29, 0.717) is 0 Å². The van der Waals surface area contributed by atoms with Crippen molar-refractivity contribution in [3.05, 3.63) is 0 Å². The molecule has 1 aliphatic heterocycles.